The Bertz CT molecular complexity index is 1230. The monoisotopic (exact) mass is 465 g/mol. The van der Waals surface area contributed by atoms with Crippen LogP contribution in [0.2, 0.25) is 0 Å². The van der Waals surface area contributed by atoms with E-state index in [1.807, 2.05) is 24.3 Å². The maximum Gasteiger partial charge on any atom is 0.306 e. The number of carbonyl (C=O) groups is 2. The van der Waals surface area contributed by atoms with Crippen molar-refractivity contribution in [2.24, 2.45) is 0 Å². The Morgan fingerprint density at radius 1 is 1.09 bits per heavy atom. The highest BCUT2D eigenvalue weighted by Gasteiger charge is 2.25. The summed E-state index contributed by atoms with van der Waals surface area (Å²) >= 11 is 0. The molecule has 9 heteroatoms. The molecule has 0 unspecified atom stereocenters. The Morgan fingerprint density at radius 2 is 1.79 bits per heavy atom. The molecule has 1 aliphatic rings. The number of rotatable bonds is 7. The topological polar surface area (TPSA) is 100.0 Å². The normalized spacial score (nSPS) is 14.6. The molecule has 1 amide bonds. The number of benzene rings is 2. The van der Waals surface area contributed by atoms with Crippen molar-refractivity contribution in [2.75, 3.05) is 33.4 Å². The van der Waals surface area contributed by atoms with Gasteiger partial charge in [-0.3, -0.25) is 19.0 Å². The van der Waals surface area contributed by atoms with Gasteiger partial charge >= 0.3 is 5.97 Å². The van der Waals surface area contributed by atoms with Crippen LogP contribution < -0.4 is 10.3 Å². The first-order valence-corrected chi connectivity index (χ1v) is 11.2. The van der Waals surface area contributed by atoms with Gasteiger partial charge in [-0.1, -0.05) is 12.1 Å². The largest absolute Gasteiger partial charge is 0.497 e. The summed E-state index contributed by atoms with van der Waals surface area (Å²) in [7, 11) is 1.58. The molecule has 1 atom stereocenters. The first-order chi connectivity index (χ1) is 16.5. The maximum absolute atomic E-state index is 13.3. The highest BCUT2D eigenvalue weighted by Crippen LogP contribution is 2.19. The van der Waals surface area contributed by atoms with Gasteiger partial charge in [0.25, 0.3) is 11.5 Å². The minimum atomic E-state index is -0.897. The number of hydrogen-bond acceptors (Lipinski definition) is 7. The van der Waals surface area contributed by atoms with Crippen molar-refractivity contribution in [1.82, 2.24) is 14.5 Å². The summed E-state index contributed by atoms with van der Waals surface area (Å²) in [5.74, 6) is -0.124. The van der Waals surface area contributed by atoms with Crippen molar-refractivity contribution >= 4 is 22.9 Å². The van der Waals surface area contributed by atoms with Gasteiger partial charge in [-0.2, -0.15) is 0 Å². The fourth-order valence-electron chi connectivity index (χ4n) is 3.90. The number of para-hydroxylation sites is 2. The molecule has 4 rings (SSSR count). The molecule has 0 spiro atoms. The summed E-state index contributed by atoms with van der Waals surface area (Å²) in [6.07, 6.45) is -0.868. The highest BCUT2D eigenvalue weighted by molar-refractivity contribution is 5.83. The quantitative estimate of drug-likeness (QED) is 0.493. The number of aromatic nitrogens is 2. The number of morpholine rings is 1. The van der Waals surface area contributed by atoms with E-state index in [1.54, 1.807) is 47.8 Å². The molecule has 3 aromatic rings. The van der Waals surface area contributed by atoms with Crippen molar-refractivity contribution in [1.29, 1.82) is 0 Å². The predicted octanol–water partition coefficient (Wildman–Crippen LogP) is 2.12. The molecule has 0 aliphatic carbocycles. The molecule has 34 heavy (non-hydrogen) atoms. The van der Waals surface area contributed by atoms with Gasteiger partial charge in [0, 0.05) is 25.2 Å². The van der Waals surface area contributed by atoms with Crippen LogP contribution in [0.15, 0.2) is 53.3 Å². The van der Waals surface area contributed by atoms with Crippen LogP contribution in [-0.4, -0.2) is 65.8 Å². The lowest BCUT2D eigenvalue weighted by Gasteiger charge is -2.28. The Balaban J connectivity index is 1.51. The molecule has 0 radical (unpaired) electrons. The fraction of sp³-hybridized carbons (Fsp3) is 0.360. The number of hydrogen-bond donors (Lipinski definition) is 0. The average molecular weight is 466 g/mol. The van der Waals surface area contributed by atoms with Crippen LogP contribution in [0.5, 0.6) is 5.75 Å². The summed E-state index contributed by atoms with van der Waals surface area (Å²) in [6.45, 7) is 3.46. The summed E-state index contributed by atoms with van der Waals surface area (Å²) in [4.78, 5) is 44.4. The molecular weight excluding hydrogens is 438 g/mol. The van der Waals surface area contributed by atoms with Crippen LogP contribution in [-0.2, 0) is 25.5 Å². The minimum Gasteiger partial charge on any atom is -0.497 e. The van der Waals surface area contributed by atoms with E-state index in [0.717, 1.165) is 0 Å². The van der Waals surface area contributed by atoms with Crippen LogP contribution in [0.25, 0.3) is 16.7 Å². The van der Waals surface area contributed by atoms with E-state index in [1.165, 1.54) is 0 Å². The van der Waals surface area contributed by atoms with Gasteiger partial charge in [-0.15, -0.1) is 0 Å². The van der Waals surface area contributed by atoms with Gasteiger partial charge in [0.05, 0.1) is 37.8 Å². The van der Waals surface area contributed by atoms with Gasteiger partial charge in [0.2, 0.25) is 0 Å². The number of fused-ring (bicyclic) bond motifs is 1. The van der Waals surface area contributed by atoms with Gasteiger partial charge in [0.15, 0.2) is 6.10 Å². The van der Waals surface area contributed by atoms with Crippen LogP contribution >= 0.6 is 0 Å². The van der Waals surface area contributed by atoms with Crippen molar-refractivity contribution < 1.29 is 23.8 Å². The number of ether oxygens (including phenoxy) is 3. The third kappa shape index (κ3) is 5.09. The van der Waals surface area contributed by atoms with Crippen LogP contribution in [0.4, 0.5) is 0 Å². The van der Waals surface area contributed by atoms with Gasteiger partial charge in [0.1, 0.15) is 11.4 Å². The second kappa shape index (κ2) is 10.5. The molecule has 9 nitrogen and oxygen atoms in total. The van der Waals surface area contributed by atoms with E-state index >= 15 is 0 Å². The molecule has 2 aromatic carbocycles. The summed E-state index contributed by atoms with van der Waals surface area (Å²) in [5, 5.41) is 0. The second-order valence-electron chi connectivity index (χ2n) is 7.96. The number of methoxy groups -OCH3 is 1. The first kappa shape index (κ1) is 23.4. The van der Waals surface area contributed by atoms with E-state index in [9.17, 15) is 14.4 Å². The van der Waals surface area contributed by atoms with E-state index in [0.29, 0.717) is 48.8 Å². The van der Waals surface area contributed by atoms with Crippen LogP contribution in [0, 0.1) is 0 Å². The second-order valence-corrected chi connectivity index (χ2v) is 7.96. The smallest absolute Gasteiger partial charge is 0.306 e. The SMILES string of the molecule is COc1ccc(-n2c(=O)c(CCC(=O)O[C@H](C)C(=O)N3CCOCC3)nc3ccccc32)cc1. The van der Waals surface area contributed by atoms with E-state index in [-0.39, 0.29) is 30.0 Å². The third-order valence-corrected chi connectivity index (χ3v) is 5.70. The summed E-state index contributed by atoms with van der Waals surface area (Å²) in [5.41, 5.74) is 1.90. The van der Waals surface area contributed by atoms with Crippen molar-refractivity contribution in [3.63, 3.8) is 0 Å². The predicted molar refractivity (Wildman–Crippen MR) is 125 cm³/mol. The number of carbonyl (C=O) groups excluding carboxylic acids is 2. The van der Waals surface area contributed by atoms with Gasteiger partial charge in [-0.05, 0) is 43.3 Å². The Morgan fingerprint density at radius 3 is 2.50 bits per heavy atom. The zero-order valence-corrected chi connectivity index (χ0v) is 19.2. The molecule has 0 saturated carbocycles. The first-order valence-electron chi connectivity index (χ1n) is 11.2. The fourth-order valence-corrected chi connectivity index (χ4v) is 3.90. The summed E-state index contributed by atoms with van der Waals surface area (Å²) in [6, 6.07) is 14.5. The van der Waals surface area contributed by atoms with E-state index in [2.05, 4.69) is 4.98 Å². The van der Waals surface area contributed by atoms with Crippen LogP contribution in [0.3, 0.4) is 0 Å². The standard InChI is InChI=1S/C25H27N3O6/c1-17(24(30)27-13-15-33-16-14-27)34-23(29)12-11-21-25(31)28(18-7-9-19(32-2)10-8-18)22-6-4-3-5-20(22)26-21/h3-10,17H,11-16H2,1-2H3/t17-/m1/s1. The Kier molecular flexibility index (Phi) is 7.22. The minimum absolute atomic E-state index is 0.0656. The molecule has 1 aromatic heterocycles. The molecule has 1 fully saturated rings. The maximum atomic E-state index is 13.3. The molecule has 178 valence electrons. The Labute approximate surface area is 196 Å². The van der Waals surface area contributed by atoms with Gasteiger partial charge in [-0.25, -0.2) is 4.98 Å². The molecule has 0 N–H and O–H groups in total. The number of amides is 1. The lowest BCUT2D eigenvalue weighted by atomic mass is 10.2. The number of esters is 1. The molecule has 1 saturated heterocycles. The van der Waals surface area contributed by atoms with Crippen molar-refractivity contribution in [3.05, 3.63) is 64.6 Å². The zero-order valence-electron chi connectivity index (χ0n) is 19.2. The van der Waals surface area contributed by atoms with Crippen LogP contribution in [0.1, 0.15) is 19.0 Å². The number of nitrogens with zero attached hydrogens (tertiary/aromatic N) is 3. The molecule has 1 aliphatic heterocycles. The third-order valence-electron chi connectivity index (χ3n) is 5.70. The number of aryl methyl sites for hydroxylation is 1. The van der Waals surface area contributed by atoms with E-state index in [4.69, 9.17) is 14.2 Å². The highest BCUT2D eigenvalue weighted by atomic mass is 16.5. The van der Waals surface area contributed by atoms with Crippen molar-refractivity contribution in [2.45, 2.75) is 25.9 Å². The summed E-state index contributed by atoms with van der Waals surface area (Å²) < 4.78 is 17.4. The molecule has 0 bridgehead atoms. The van der Waals surface area contributed by atoms with E-state index < -0.39 is 12.1 Å². The van der Waals surface area contributed by atoms with Gasteiger partial charge < -0.3 is 19.1 Å². The zero-order chi connectivity index (χ0) is 24.1. The molecule has 2 heterocycles. The lowest BCUT2D eigenvalue weighted by molar-refractivity contribution is -0.160. The lowest BCUT2D eigenvalue weighted by Crippen LogP contribution is -2.46. The Hall–Kier alpha value is -3.72. The average Bonchev–Trinajstić information content (AvgIpc) is 2.87. The van der Waals surface area contributed by atoms with Crippen molar-refractivity contribution in [3.8, 4) is 11.4 Å². The molecular formula is C25H27N3O6.